The van der Waals surface area contributed by atoms with Crippen LogP contribution in [0.4, 0.5) is 0 Å². The van der Waals surface area contributed by atoms with E-state index >= 15 is 0 Å². The third-order valence-corrected chi connectivity index (χ3v) is 8.58. The van der Waals surface area contributed by atoms with E-state index in [1.54, 1.807) is 0 Å². The second-order valence-corrected chi connectivity index (χ2v) is 11.7. The molecule has 2 saturated heterocycles. The first-order chi connectivity index (χ1) is 19.0. The van der Waals surface area contributed by atoms with E-state index < -0.39 is 0 Å². The molecule has 3 aliphatic rings. The van der Waals surface area contributed by atoms with Crippen molar-refractivity contribution in [3.63, 3.8) is 0 Å². The molecule has 2 aliphatic heterocycles. The highest BCUT2D eigenvalue weighted by Crippen LogP contribution is 2.34. The minimum absolute atomic E-state index is 0.0338. The third kappa shape index (κ3) is 7.10. The van der Waals surface area contributed by atoms with Gasteiger partial charge >= 0.3 is 0 Å². The molecule has 2 aromatic rings. The maximum absolute atomic E-state index is 13.6. The summed E-state index contributed by atoms with van der Waals surface area (Å²) in [6, 6.07) is 16.0. The lowest BCUT2D eigenvalue weighted by atomic mass is 9.89. The second-order valence-electron chi connectivity index (χ2n) is 11.7. The van der Waals surface area contributed by atoms with Gasteiger partial charge in [-0.25, -0.2) is 0 Å². The first-order valence-electron chi connectivity index (χ1n) is 14.8. The number of hydrogen-bond acceptors (Lipinski definition) is 4. The number of nitrogens with zero attached hydrogens (tertiary/aromatic N) is 2. The zero-order valence-electron chi connectivity index (χ0n) is 23.5. The SMILES string of the molecule is Cc1ccc(CN2C(=O)/C(=C\c3ccc(C(=O)NCCCN4CCC(C)CC4)cc3)OC3CCCCC32)cc1. The summed E-state index contributed by atoms with van der Waals surface area (Å²) in [5, 5.41) is 3.05. The Morgan fingerprint density at radius 1 is 1.00 bits per heavy atom. The van der Waals surface area contributed by atoms with Crippen molar-refractivity contribution in [2.45, 2.75) is 77.5 Å². The van der Waals surface area contributed by atoms with Gasteiger partial charge in [0.2, 0.25) is 0 Å². The van der Waals surface area contributed by atoms with Gasteiger partial charge in [0.05, 0.1) is 6.04 Å². The third-order valence-electron chi connectivity index (χ3n) is 8.58. The second kappa shape index (κ2) is 12.8. The van der Waals surface area contributed by atoms with Crippen LogP contribution in [0.5, 0.6) is 0 Å². The summed E-state index contributed by atoms with van der Waals surface area (Å²) in [7, 11) is 0. The minimum Gasteiger partial charge on any atom is -0.482 e. The van der Waals surface area contributed by atoms with Crippen LogP contribution < -0.4 is 5.32 Å². The van der Waals surface area contributed by atoms with Crippen molar-refractivity contribution in [2.75, 3.05) is 26.2 Å². The molecule has 208 valence electrons. The number of nitrogens with one attached hydrogen (secondary N) is 1. The molecule has 2 amide bonds. The van der Waals surface area contributed by atoms with Gasteiger partial charge in [0.1, 0.15) is 6.10 Å². The molecule has 0 bridgehead atoms. The summed E-state index contributed by atoms with van der Waals surface area (Å²) < 4.78 is 6.28. The zero-order valence-corrected chi connectivity index (χ0v) is 23.5. The van der Waals surface area contributed by atoms with Gasteiger partial charge < -0.3 is 19.9 Å². The van der Waals surface area contributed by atoms with Crippen LogP contribution in [0.2, 0.25) is 0 Å². The number of ether oxygens (including phenoxy) is 1. The number of morpholine rings is 1. The number of carbonyl (C=O) groups is 2. The van der Waals surface area contributed by atoms with Crippen LogP contribution in [-0.4, -0.2) is 59.9 Å². The van der Waals surface area contributed by atoms with Crippen molar-refractivity contribution < 1.29 is 14.3 Å². The maximum Gasteiger partial charge on any atom is 0.289 e. The summed E-state index contributed by atoms with van der Waals surface area (Å²) in [6.07, 6.45) is 9.58. The first-order valence-corrected chi connectivity index (χ1v) is 14.8. The van der Waals surface area contributed by atoms with Crippen molar-refractivity contribution in [1.82, 2.24) is 15.1 Å². The summed E-state index contributed by atoms with van der Waals surface area (Å²) in [4.78, 5) is 30.7. The number of fused-ring (bicyclic) bond motifs is 1. The fourth-order valence-electron chi connectivity index (χ4n) is 6.03. The standard InChI is InChI=1S/C33H43N3O3/c1-24-8-10-27(11-9-24)23-36-29-6-3-4-7-30(29)39-31(33(36)38)22-26-12-14-28(15-13-26)32(37)34-18-5-19-35-20-16-25(2)17-21-35/h8-15,22,25,29-30H,3-7,16-21,23H2,1-2H3,(H,34,37)/b31-22+. The molecule has 2 unspecified atom stereocenters. The van der Waals surface area contributed by atoms with E-state index in [1.807, 2.05) is 35.2 Å². The molecular weight excluding hydrogens is 486 g/mol. The number of piperidine rings is 1. The molecule has 6 heteroatoms. The van der Waals surface area contributed by atoms with E-state index in [0.717, 1.165) is 55.7 Å². The van der Waals surface area contributed by atoms with Gasteiger partial charge in [0.15, 0.2) is 5.76 Å². The minimum atomic E-state index is -0.0548. The Morgan fingerprint density at radius 3 is 2.46 bits per heavy atom. The largest absolute Gasteiger partial charge is 0.482 e. The number of benzene rings is 2. The van der Waals surface area contributed by atoms with Gasteiger partial charge in [-0.15, -0.1) is 0 Å². The van der Waals surface area contributed by atoms with Crippen molar-refractivity contribution in [1.29, 1.82) is 0 Å². The predicted octanol–water partition coefficient (Wildman–Crippen LogP) is 5.56. The van der Waals surface area contributed by atoms with Crippen molar-refractivity contribution >= 4 is 17.9 Å². The molecule has 6 nitrogen and oxygen atoms in total. The number of amides is 2. The van der Waals surface area contributed by atoms with E-state index in [-0.39, 0.29) is 24.0 Å². The molecule has 2 heterocycles. The Kier molecular flexibility index (Phi) is 9.02. The Labute approximate surface area is 233 Å². The average molecular weight is 530 g/mol. The highest BCUT2D eigenvalue weighted by Gasteiger charge is 2.41. The summed E-state index contributed by atoms with van der Waals surface area (Å²) in [5.74, 6) is 1.13. The topological polar surface area (TPSA) is 61.9 Å². The number of likely N-dealkylation sites (tertiary alicyclic amines) is 1. The van der Waals surface area contributed by atoms with Crippen molar-refractivity contribution in [2.24, 2.45) is 5.92 Å². The zero-order chi connectivity index (χ0) is 27.2. The molecule has 1 saturated carbocycles. The molecule has 1 aliphatic carbocycles. The molecule has 0 spiro atoms. The fraction of sp³-hybridized carbons (Fsp3) is 0.515. The van der Waals surface area contributed by atoms with Crippen LogP contribution in [0.1, 0.15) is 78.9 Å². The van der Waals surface area contributed by atoms with Crippen LogP contribution in [-0.2, 0) is 16.1 Å². The molecule has 0 radical (unpaired) electrons. The van der Waals surface area contributed by atoms with E-state index in [4.69, 9.17) is 4.74 Å². The monoisotopic (exact) mass is 529 g/mol. The lowest BCUT2D eigenvalue weighted by Gasteiger charge is -2.44. The lowest BCUT2D eigenvalue weighted by molar-refractivity contribution is -0.149. The van der Waals surface area contributed by atoms with Gasteiger partial charge in [0, 0.05) is 18.7 Å². The van der Waals surface area contributed by atoms with Gasteiger partial charge in [-0.1, -0.05) is 55.3 Å². The van der Waals surface area contributed by atoms with E-state index in [1.165, 1.54) is 31.5 Å². The van der Waals surface area contributed by atoms with Crippen molar-refractivity contribution in [3.8, 4) is 0 Å². The quantitative estimate of drug-likeness (QED) is 0.359. The van der Waals surface area contributed by atoms with Gasteiger partial charge in [-0.2, -0.15) is 0 Å². The van der Waals surface area contributed by atoms with E-state index in [0.29, 0.717) is 24.4 Å². The van der Waals surface area contributed by atoms with Crippen LogP contribution in [0.25, 0.3) is 6.08 Å². The van der Waals surface area contributed by atoms with E-state index in [9.17, 15) is 9.59 Å². The lowest BCUT2D eigenvalue weighted by Crippen LogP contribution is -2.54. The van der Waals surface area contributed by atoms with Crippen LogP contribution in [0.3, 0.4) is 0 Å². The number of aryl methyl sites for hydroxylation is 1. The highest BCUT2D eigenvalue weighted by molar-refractivity contribution is 5.97. The molecule has 5 rings (SSSR count). The van der Waals surface area contributed by atoms with E-state index in [2.05, 4.69) is 48.3 Å². The summed E-state index contributed by atoms with van der Waals surface area (Å²) in [6.45, 7) is 9.05. The molecule has 1 N–H and O–H groups in total. The smallest absolute Gasteiger partial charge is 0.289 e. The Balaban J connectivity index is 1.19. The van der Waals surface area contributed by atoms with Gasteiger partial charge in [-0.05, 0) is 100 Å². The first kappa shape index (κ1) is 27.4. The Bertz CT molecular complexity index is 1150. The summed E-state index contributed by atoms with van der Waals surface area (Å²) in [5.41, 5.74) is 3.85. The van der Waals surface area contributed by atoms with Gasteiger partial charge in [-0.3, -0.25) is 9.59 Å². The number of carbonyl (C=O) groups excluding carboxylic acids is 2. The summed E-state index contributed by atoms with van der Waals surface area (Å²) >= 11 is 0. The molecule has 39 heavy (non-hydrogen) atoms. The van der Waals surface area contributed by atoms with Crippen LogP contribution in [0.15, 0.2) is 54.3 Å². The average Bonchev–Trinajstić information content (AvgIpc) is 2.95. The number of hydrogen-bond donors (Lipinski definition) is 1. The van der Waals surface area contributed by atoms with Crippen LogP contribution >= 0.6 is 0 Å². The molecular formula is C33H43N3O3. The van der Waals surface area contributed by atoms with Gasteiger partial charge in [0.25, 0.3) is 11.8 Å². The highest BCUT2D eigenvalue weighted by atomic mass is 16.5. The fourth-order valence-corrected chi connectivity index (χ4v) is 6.03. The molecule has 0 aromatic heterocycles. The Morgan fingerprint density at radius 2 is 1.72 bits per heavy atom. The predicted molar refractivity (Wildman–Crippen MR) is 155 cm³/mol. The van der Waals surface area contributed by atoms with Crippen molar-refractivity contribution in [3.05, 3.63) is 76.5 Å². The molecule has 3 fully saturated rings. The Hall–Kier alpha value is -3.12. The van der Waals surface area contributed by atoms with Crippen LogP contribution in [0, 0.1) is 12.8 Å². The molecule has 2 atom stereocenters. The number of rotatable bonds is 8. The maximum atomic E-state index is 13.6. The molecule has 2 aromatic carbocycles. The normalized spacial score (nSPS) is 23.4.